The van der Waals surface area contributed by atoms with Crippen molar-refractivity contribution in [3.63, 3.8) is 0 Å². The zero-order valence-electron chi connectivity index (χ0n) is 14.7. The number of carbonyl (C=O) groups is 1. The molecule has 1 heterocycles. The largest absolute Gasteiger partial charge is 0.294 e. The Morgan fingerprint density at radius 2 is 1.81 bits per heavy atom. The maximum Gasteiger partial charge on any atom is 0.223 e. The molecule has 3 aromatic rings. The highest BCUT2D eigenvalue weighted by Crippen LogP contribution is 2.32. The van der Waals surface area contributed by atoms with Crippen molar-refractivity contribution in [3.05, 3.63) is 99.0 Å². The fraction of sp³-hybridized carbons (Fsp3) is 0.182. The van der Waals surface area contributed by atoms with Crippen molar-refractivity contribution < 1.29 is 9.18 Å². The monoisotopic (exact) mass is 411 g/mol. The summed E-state index contributed by atoms with van der Waals surface area (Å²) < 4.78 is 15.0. The topological polar surface area (TPSA) is 30.0 Å². The van der Waals surface area contributed by atoms with Crippen molar-refractivity contribution >= 4 is 21.7 Å². The SMILES string of the molecule is Cc1cnc(F)c(C(=O)CC(c2ccc(Br)cc2)c2ccccc2C)c1. The number of rotatable bonds is 5. The van der Waals surface area contributed by atoms with Crippen LogP contribution in [-0.2, 0) is 0 Å². The number of hydrogen-bond acceptors (Lipinski definition) is 2. The molecular formula is C22H19BrFNO. The van der Waals surface area contributed by atoms with Gasteiger partial charge in [0.15, 0.2) is 5.78 Å². The first kappa shape index (κ1) is 18.5. The summed E-state index contributed by atoms with van der Waals surface area (Å²) in [5.74, 6) is -1.09. The lowest BCUT2D eigenvalue weighted by atomic mass is 9.84. The number of hydrogen-bond donors (Lipinski definition) is 0. The molecule has 0 radical (unpaired) electrons. The Bertz CT molecular complexity index is 937. The van der Waals surface area contributed by atoms with E-state index in [0.717, 1.165) is 26.7 Å². The smallest absolute Gasteiger partial charge is 0.223 e. The molecule has 0 N–H and O–H groups in total. The van der Waals surface area contributed by atoms with Crippen molar-refractivity contribution in [2.24, 2.45) is 0 Å². The van der Waals surface area contributed by atoms with Gasteiger partial charge >= 0.3 is 0 Å². The first-order chi connectivity index (χ1) is 12.5. The number of nitrogens with zero attached hydrogens (tertiary/aromatic N) is 1. The Kier molecular flexibility index (Phi) is 5.62. The summed E-state index contributed by atoms with van der Waals surface area (Å²) in [6.07, 6.45) is 1.62. The highest BCUT2D eigenvalue weighted by molar-refractivity contribution is 9.10. The van der Waals surface area contributed by atoms with Gasteiger partial charge in [0.2, 0.25) is 5.95 Å². The molecule has 0 fully saturated rings. The summed E-state index contributed by atoms with van der Waals surface area (Å²) in [4.78, 5) is 16.6. The van der Waals surface area contributed by atoms with Gasteiger partial charge in [0, 0.05) is 23.0 Å². The van der Waals surface area contributed by atoms with Crippen LogP contribution in [0.3, 0.4) is 0 Å². The van der Waals surface area contributed by atoms with E-state index in [1.54, 1.807) is 13.0 Å². The molecule has 26 heavy (non-hydrogen) atoms. The number of halogens is 2. The average molecular weight is 412 g/mol. The number of ketones is 1. The lowest BCUT2D eigenvalue weighted by molar-refractivity contribution is 0.0972. The van der Waals surface area contributed by atoms with Crippen LogP contribution in [0.4, 0.5) is 4.39 Å². The molecule has 132 valence electrons. The van der Waals surface area contributed by atoms with Crippen LogP contribution in [0.25, 0.3) is 0 Å². The van der Waals surface area contributed by atoms with Crippen LogP contribution < -0.4 is 0 Å². The van der Waals surface area contributed by atoms with Crippen molar-refractivity contribution in [1.82, 2.24) is 4.98 Å². The predicted octanol–water partition coefficient (Wildman–Crippen LogP) is 6.00. The predicted molar refractivity (Wildman–Crippen MR) is 105 cm³/mol. The van der Waals surface area contributed by atoms with Gasteiger partial charge in [-0.3, -0.25) is 4.79 Å². The first-order valence-corrected chi connectivity index (χ1v) is 9.21. The highest BCUT2D eigenvalue weighted by Gasteiger charge is 2.23. The van der Waals surface area contributed by atoms with Crippen LogP contribution in [0.1, 0.15) is 45.0 Å². The number of aryl methyl sites for hydroxylation is 2. The number of pyridine rings is 1. The Morgan fingerprint density at radius 3 is 2.50 bits per heavy atom. The minimum absolute atomic E-state index is 0.0562. The molecule has 4 heteroatoms. The van der Waals surface area contributed by atoms with E-state index in [1.165, 1.54) is 6.20 Å². The van der Waals surface area contributed by atoms with E-state index in [0.29, 0.717) is 0 Å². The Balaban J connectivity index is 2.01. The number of benzene rings is 2. The van der Waals surface area contributed by atoms with Crippen molar-refractivity contribution in [1.29, 1.82) is 0 Å². The van der Waals surface area contributed by atoms with Gasteiger partial charge in [-0.15, -0.1) is 0 Å². The lowest BCUT2D eigenvalue weighted by Gasteiger charge is -2.20. The van der Waals surface area contributed by atoms with E-state index < -0.39 is 5.95 Å². The summed E-state index contributed by atoms with van der Waals surface area (Å²) in [5.41, 5.74) is 4.03. The van der Waals surface area contributed by atoms with E-state index in [9.17, 15) is 9.18 Å². The van der Waals surface area contributed by atoms with Crippen molar-refractivity contribution in [2.75, 3.05) is 0 Å². The normalized spacial score (nSPS) is 12.0. The van der Waals surface area contributed by atoms with E-state index >= 15 is 0 Å². The molecule has 0 bridgehead atoms. The quantitative estimate of drug-likeness (QED) is 0.380. The Labute approximate surface area is 161 Å². The molecule has 0 saturated carbocycles. The van der Waals surface area contributed by atoms with Gasteiger partial charge in [-0.1, -0.05) is 52.3 Å². The fourth-order valence-electron chi connectivity index (χ4n) is 3.12. The third-order valence-corrected chi connectivity index (χ3v) is 5.03. The Morgan fingerprint density at radius 1 is 1.12 bits per heavy atom. The minimum atomic E-state index is -0.708. The molecular weight excluding hydrogens is 393 g/mol. The molecule has 0 aliphatic heterocycles. The van der Waals surface area contributed by atoms with Crippen LogP contribution >= 0.6 is 15.9 Å². The molecule has 1 aromatic heterocycles. The van der Waals surface area contributed by atoms with E-state index in [1.807, 2.05) is 55.5 Å². The maximum atomic E-state index is 14.1. The van der Waals surface area contributed by atoms with E-state index in [4.69, 9.17) is 0 Å². The summed E-state index contributed by atoms with van der Waals surface area (Å²) >= 11 is 3.45. The summed E-state index contributed by atoms with van der Waals surface area (Å²) in [6, 6.07) is 17.5. The van der Waals surface area contributed by atoms with Gasteiger partial charge in [0.05, 0.1) is 5.56 Å². The molecule has 0 aliphatic rings. The van der Waals surface area contributed by atoms with Crippen LogP contribution in [-0.4, -0.2) is 10.8 Å². The lowest BCUT2D eigenvalue weighted by Crippen LogP contribution is -2.12. The molecule has 1 atom stereocenters. The highest BCUT2D eigenvalue weighted by atomic mass is 79.9. The van der Waals surface area contributed by atoms with E-state index in [2.05, 4.69) is 20.9 Å². The summed E-state index contributed by atoms with van der Waals surface area (Å²) in [5, 5.41) is 0. The van der Waals surface area contributed by atoms with Gasteiger partial charge < -0.3 is 0 Å². The minimum Gasteiger partial charge on any atom is -0.294 e. The number of Topliss-reactive ketones (excluding diaryl/α,β-unsaturated/α-hetero) is 1. The van der Waals surface area contributed by atoms with Crippen molar-refractivity contribution in [2.45, 2.75) is 26.2 Å². The first-order valence-electron chi connectivity index (χ1n) is 8.42. The second-order valence-electron chi connectivity index (χ2n) is 6.44. The third kappa shape index (κ3) is 4.07. The summed E-state index contributed by atoms with van der Waals surface area (Å²) in [6.45, 7) is 3.83. The van der Waals surface area contributed by atoms with Crippen LogP contribution in [0.2, 0.25) is 0 Å². The number of aromatic nitrogens is 1. The molecule has 2 aromatic carbocycles. The van der Waals surface area contributed by atoms with Crippen LogP contribution in [0, 0.1) is 19.8 Å². The third-order valence-electron chi connectivity index (χ3n) is 4.50. The molecule has 1 unspecified atom stereocenters. The zero-order valence-corrected chi connectivity index (χ0v) is 16.3. The molecule has 0 amide bonds. The van der Waals surface area contributed by atoms with Crippen LogP contribution in [0.15, 0.2) is 65.3 Å². The van der Waals surface area contributed by atoms with Gasteiger partial charge in [-0.05, 0) is 54.3 Å². The zero-order chi connectivity index (χ0) is 18.7. The summed E-state index contributed by atoms with van der Waals surface area (Å²) in [7, 11) is 0. The fourth-order valence-corrected chi connectivity index (χ4v) is 3.39. The van der Waals surface area contributed by atoms with Gasteiger partial charge in [-0.25, -0.2) is 4.98 Å². The Hall–Kier alpha value is -2.33. The van der Waals surface area contributed by atoms with Gasteiger partial charge in [0.25, 0.3) is 0 Å². The van der Waals surface area contributed by atoms with Crippen LogP contribution in [0.5, 0.6) is 0 Å². The molecule has 3 rings (SSSR count). The van der Waals surface area contributed by atoms with Crippen molar-refractivity contribution in [3.8, 4) is 0 Å². The maximum absolute atomic E-state index is 14.1. The van der Waals surface area contributed by atoms with Gasteiger partial charge in [-0.2, -0.15) is 4.39 Å². The second kappa shape index (κ2) is 7.92. The molecule has 0 saturated heterocycles. The average Bonchev–Trinajstić information content (AvgIpc) is 2.63. The number of carbonyl (C=O) groups excluding carboxylic acids is 1. The molecule has 0 aliphatic carbocycles. The standard InChI is InChI=1S/C22H19BrFNO/c1-14-11-20(22(24)25-13-14)21(26)12-19(16-7-9-17(23)10-8-16)18-6-4-3-5-15(18)2/h3-11,13,19H,12H2,1-2H3. The van der Waals surface area contributed by atoms with Gasteiger partial charge in [0.1, 0.15) is 0 Å². The molecule has 0 spiro atoms. The second-order valence-corrected chi connectivity index (χ2v) is 7.35. The van der Waals surface area contributed by atoms with E-state index in [-0.39, 0.29) is 23.7 Å². The molecule has 2 nitrogen and oxygen atoms in total.